The summed E-state index contributed by atoms with van der Waals surface area (Å²) >= 11 is 0. The highest BCUT2D eigenvalue weighted by molar-refractivity contribution is 5.98. The predicted molar refractivity (Wildman–Crippen MR) is 98.3 cm³/mol. The maximum atomic E-state index is 12.8. The van der Waals surface area contributed by atoms with Crippen molar-refractivity contribution in [3.63, 3.8) is 0 Å². The van der Waals surface area contributed by atoms with Crippen LogP contribution in [0.1, 0.15) is 27.5 Å². The minimum absolute atomic E-state index is 0.110. The van der Waals surface area contributed by atoms with E-state index in [-0.39, 0.29) is 11.9 Å². The maximum absolute atomic E-state index is 12.8. The molecule has 0 fully saturated rings. The summed E-state index contributed by atoms with van der Waals surface area (Å²) in [5.41, 5.74) is 3.56. The molecule has 4 heteroatoms. The number of aromatic nitrogens is 2. The average molecular weight is 327 g/mol. The number of hydrogen-bond donors (Lipinski definition) is 2. The van der Waals surface area contributed by atoms with E-state index < -0.39 is 0 Å². The van der Waals surface area contributed by atoms with Crippen molar-refractivity contribution in [1.29, 1.82) is 0 Å². The Morgan fingerprint density at radius 3 is 2.64 bits per heavy atom. The molecule has 122 valence electrons. The Hall–Kier alpha value is -3.40. The van der Waals surface area contributed by atoms with Crippen LogP contribution >= 0.6 is 0 Å². The quantitative estimate of drug-likeness (QED) is 0.593. The number of amides is 1. The van der Waals surface area contributed by atoms with Gasteiger partial charge in [0.15, 0.2) is 0 Å². The van der Waals surface area contributed by atoms with Gasteiger partial charge in [-0.15, -0.1) is 0 Å². The number of carbonyl (C=O) groups is 1. The highest BCUT2D eigenvalue weighted by Crippen LogP contribution is 2.22. The van der Waals surface area contributed by atoms with Gasteiger partial charge in [-0.05, 0) is 41.5 Å². The number of H-pyrrole nitrogens is 1. The summed E-state index contributed by atoms with van der Waals surface area (Å²) in [6.45, 7) is 0. The Balaban J connectivity index is 1.66. The molecule has 0 aliphatic heterocycles. The summed E-state index contributed by atoms with van der Waals surface area (Å²) in [6, 6.07) is 21.1. The molecule has 0 aliphatic rings. The number of fused-ring (bicyclic) bond motifs is 1. The van der Waals surface area contributed by atoms with Crippen molar-refractivity contribution in [2.75, 3.05) is 0 Å². The molecular formula is C21H17N3O. The molecule has 0 saturated heterocycles. The number of rotatable bonds is 4. The van der Waals surface area contributed by atoms with Gasteiger partial charge in [-0.3, -0.25) is 9.78 Å². The summed E-state index contributed by atoms with van der Waals surface area (Å²) < 4.78 is 0. The lowest BCUT2D eigenvalue weighted by atomic mass is 10.0. The van der Waals surface area contributed by atoms with Gasteiger partial charge in [-0.2, -0.15) is 0 Å². The van der Waals surface area contributed by atoms with E-state index in [2.05, 4.69) is 15.3 Å². The Morgan fingerprint density at radius 1 is 0.960 bits per heavy atom. The molecule has 4 aromatic rings. The van der Waals surface area contributed by atoms with Crippen LogP contribution in [0.15, 0.2) is 85.3 Å². The van der Waals surface area contributed by atoms with Crippen molar-refractivity contribution in [3.05, 3.63) is 102 Å². The molecule has 2 aromatic carbocycles. The van der Waals surface area contributed by atoms with E-state index in [1.807, 2.05) is 79.1 Å². The van der Waals surface area contributed by atoms with Crippen LogP contribution in [-0.2, 0) is 0 Å². The van der Waals surface area contributed by atoms with Gasteiger partial charge in [0.1, 0.15) is 0 Å². The highest BCUT2D eigenvalue weighted by atomic mass is 16.1. The lowest BCUT2D eigenvalue weighted by Gasteiger charge is -2.18. The molecule has 0 aliphatic carbocycles. The zero-order valence-electron chi connectivity index (χ0n) is 13.5. The third-order valence-corrected chi connectivity index (χ3v) is 4.23. The van der Waals surface area contributed by atoms with Crippen LogP contribution in [0.4, 0.5) is 0 Å². The summed E-state index contributed by atoms with van der Waals surface area (Å²) in [4.78, 5) is 20.2. The third-order valence-electron chi connectivity index (χ3n) is 4.23. The molecule has 0 spiro atoms. The zero-order valence-corrected chi connectivity index (χ0v) is 13.5. The van der Waals surface area contributed by atoms with Crippen LogP contribution in [0.3, 0.4) is 0 Å². The molecular weight excluding hydrogens is 310 g/mol. The molecule has 1 atom stereocenters. The van der Waals surface area contributed by atoms with Crippen LogP contribution < -0.4 is 5.32 Å². The molecule has 0 saturated carbocycles. The van der Waals surface area contributed by atoms with Gasteiger partial charge in [0.25, 0.3) is 5.91 Å². The van der Waals surface area contributed by atoms with E-state index in [1.165, 1.54) is 0 Å². The Kier molecular flexibility index (Phi) is 4.01. The van der Waals surface area contributed by atoms with Gasteiger partial charge < -0.3 is 10.3 Å². The summed E-state index contributed by atoms with van der Waals surface area (Å²) in [7, 11) is 0. The summed E-state index contributed by atoms with van der Waals surface area (Å²) in [5.74, 6) is -0.110. The van der Waals surface area contributed by atoms with Crippen molar-refractivity contribution >= 4 is 16.8 Å². The Bertz CT molecular complexity index is 994. The fourth-order valence-electron chi connectivity index (χ4n) is 2.95. The van der Waals surface area contributed by atoms with Crippen molar-refractivity contribution < 1.29 is 4.79 Å². The van der Waals surface area contributed by atoms with Crippen molar-refractivity contribution in [3.8, 4) is 0 Å². The van der Waals surface area contributed by atoms with E-state index in [4.69, 9.17) is 0 Å². The predicted octanol–water partition coefficient (Wildman–Crippen LogP) is 4.08. The first-order valence-corrected chi connectivity index (χ1v) is 8.14. The number of carbonyl (C=O) groups excluding carboxylic acids is 1. The topological polar surface area (TPSA) is 57.8 Å². The minimum atomic E-state index is -0.204. The normalized spacial score (nSPS) is 12.0. The van der Waals surface area contributed by atoms with E-state index in [1.54, 1.807) is 6.20 Å². The smallest absolute Gasteiger partial charge is 0.252 e. The van der Waals surface area contributed by atoms with Gasteiger partial charge >= 0.3 is 0 Å². The lowest BCUT2D eigenvalue weighted by Crippen LogP contribution is -2.29. The van der Waals surface area contributed by atoms with E-state index in [0.717, 1.165) is 22.0 Å². The zero-order chi connectivity index (χ0) is 17.1. The Labute approximate surface area is 145 Å². The average Bonchev–Trinajstić information content (AvgIpc) is 3.20. The van der Waals surface area contributed by atoms with Crippen LogP contribution in [-0.4, -0.2) is 15.9 Å². The maximum Gasteiger partial charge on any atom is 0.252 e. The molecule has 4 nitrogen and oxygen atoms in total. The van der Waals surface area contributed by atoms with Gasteiger partial charge in [-0.1, -0.05) is 36.4 Å². The molecule has 0 bridgehead atoms. The number of aromatic amines is 1. The standard InChI is InChI=1S/C21H17N3O/c25-21(17-8-9-19-16(13-17)7-4-11-23-19)24-20(18-10-12-22-14-18)15-5-2-1-3-6-15/h1-14,20,22H,(H,24,25). The molecule has 0 radical (unpaired) electrons. The first-order valence-electron chi connectivity index (χ1n) is 8.14. The summed E-state index contributed by atoms with van der Waals surface area (Å²) in [5, 5.41) is 4.09. The second-order valence-corrected chi connectivity index (χ2v) is 5.87. The van der Waals surface area contributed by atoms with Crippen molar-refractivity contribution in [1.82, 2.24) is 15.3 Å². The number of nitrogens with zero attached hydrogens (tertiary/aromatic N) is 1. The molecule has 1 unspecified atom stereocenters. The van der Waals surface area contributed by atoms with Crippen molar-refractivity contribution in [2.45, 2.75) is 6.04 Å². The number of hydrogen-bond acceptors (Lipinski definition) is 2. The van der Waals surface area contributed by atoms with Gasteiger partial charge in [0, 0.05) is 29.5 Å². The minimum Gasteiger partial charge on any atom is -0.367 e. The molecule has 2 aromatic heterocycles. The highest BCUT2D eigenvalue weighted by Gasteiger charge is 2.18. The molecule has 2 N–H and O–H groups in total. The molecule has 1 amide bonds. The third kappa shape index (κ3) is 3.15. The van der Waals surface area contributed by atoms with E-state index >= 15 is 0 Å². The van der Waals surface area contributed by atoms with Crippen LogP contribution in [0, 0.1) is 0 Å². The fraction of sp³-hybridized carbons (Fsp3) is 0.0476. The Morgan fingerprint density at radius 2 is 1.84 bits per heavy atom. The van der Waals surface area contributed by atoms with Crippen LogP contribution in [0.5, 0.6) is 0 Å². The van der Waals surface area contributed by atoms with Crippen LogP contribution in [0.25, 0.3) is 10.9 Å². The van der Waals surface area contributed by atoms with Gasteiger partial charge in [0.05, 0.1) is 11.6 Å². The van der Waals surface area contributed by atoms with Crippen LogP contribution in [0.2, 0.25) is 0 Å². The largest absolute Gasteiger partial charge is 0.367 e. The van der Waals surface area contributed by atoms with E-state index in [0.29, 0.717) is 5.56 Å². The molecule has 4 rings (SSSR count). The number of nitrogens with one attached hydrogen (secondary N) is 2. The summed E-state index contributed by atoms with van der Waals surface area (Å²) in [6.07, 6.45) is 5.51. The first kappa shape index (κ1) is 15.1. The SMILES string of the molecule is O=C(NC(c1ccccc1)c1cc[nH]c1)c1ccc2ncccc2c1. The van der Waals surface area contributed by atoms with Gasteiger partial charge in [0.2, 0.25) is 0 Å². The fourth-order valence-corrected chi connectivity index (χ4v) is 2.95. The molecule has 2 heterocycles. The monoisotopic (exact) mass is 327 g/mol. The van der Waals surface area contributed by atoms with Gasteiger partial charge in [-0.25, -0.2) is 0 Å². The number of benzene rings is 2. The lowest BCUT2D eigenvalue weighted by molar-refractivity contribution is 0.0943. The molecule has 25 heavy (non-hydrogen) atoms. The second kappa shape index (κ2) is 6.61. The van der Waals surface area contributed by atoms with E-state index in [9.17, 15) is 4.79 Å². The van der Waals surface area contributed by atoms with Crippen molar-refractivity contribution in [2.24, 2.45) is 0 Å². The second-order valence-electron chi connectivity index (χ2n) is 5.87. The first-order chi connectivity index (χ1) is 12.3. The number of pyridine rings is 1.